The Balaban J connectivity index is 1.59. The molecule has 3 heterocycles. The van der Waals surface area contributed by atoms with Crippen LogP contribution in [0.1, 0.15) is 46.0 Å². The summed E-state index contributed by atoms with van der Waals surface area (Å²) in [5.41, 5.74) is 0. The average molecular weight is 238 g/mol. The second-order valence-corrected chi connectivity index (χ2v) is 6.42. The fraction of sp³-hybridized carbons (Fsp3) is 1.00. The van der Waals surface area contributed by atoms with Crippen LogP contribution >= 0.6 is 0 Å². The van der Waals surface area contributed by atoms with Crippen molar-refractivity contribution in [3.63, 3.8) is 0 Å². The predicted molar refractivity (Wildman–Crippen MR) is 62.6 cm³/mol. The molecule has 4 fully saturated rings. The molecule has 3 nitrogen and oxygen atoms in total. The van der Waals surface area contributed by atoms with Crippen LogP contribution in [0.2, 0.25) is 0 Å². The first-order valence-electron chi connectivity index (χ1n) is 7.21. The molecule has 0 aromatic heterocycles. The Labute approximate surface area is 103 Å². The summed E-state index contributed by atoms with van der Waals surface area (Å²) in [6.45, 7) is 4.58. The number of fused-ring (bicyclic) bond motifs is 5. The standard InChI is InChI=1S/C14H22O3/c1-8-9(2)11-13-12(10(8)15-11)16-14(17-13)6-4-3-5-7-14/h8-13H,3-7H2,1-2H3. The molecule has 1 aliphatic carbocycles. The van der Waals surface area contributed by atoms with Crippen LogP contribution in [0.15, 0.2) is 0 Å². The van der Waals surface area contributed by atoms with Crippen LogP contribution in [0, 0.1) is 11.8 Å². The molecule has 4 rings (SSSR count). The zero-order chi connectivity index (χ0) is 11.6. The minimum absolute atomic E-state index is 0.212. The Bertz CT molecular complexity index is 299. The SMILES string of the molecule is CC1C(C)C2OC1C1OC3(CCCCC3)OC21. The molecule has 0 N–H and O–H groups in total. The summed E-state index contributed by atoms with van der Waals surface area (Å²) in [7, 11) is 0. The number of hydrogen-bond acceptors (Lipinski definition) is 3. The van der Waals surface area contributed by atoms with Gasteiger partial charge in [0.05, 0.1) is 12.2 Å². The molecule has 96 valence electrons. The van der Waals surface area contributed by atoms with Gasteiger partial charge in [0.2, 0.25) is 0 Å². The fourth-order valence-electron chi connectivity index (χ4n) is 4.27. The van der Waals surface area contributed by atoms with Gasteiger partial charge in [0.1, 0.15) is 12.2 Å². The van der Waals surface area contributed by atoms with Crippen molar-refractivity contribution in [2.24, 2.45) is 11.8 Å². The molecule has 17 heavy (non-hydrogen) atoms. The molecule has 3 saturated heterocycles. The van der Waals surface area contributed by atoms with Crippen molar-refractivity contribution < 1.29 is 14.2 Å². The lowest BCUT2D eigenvalue weighted by Gasteiger charge is -2.33. The van der Waals surface area contributed by atoms with Gasteiger partial charge in [-0.1, -0.05) is 20.3 Å². The van der Waals surface area contributed by atoms with Gasteiger partial charge in [-0.25, -0.2) is 0 Å². The van der Waals surface area contributed by atoms with Gasteiger partial charge in [-0.2, -0.15) is 0 Å². The third-order valence-electron chi connectivity index (χ3n) is 5.47. The lowest BCUT2D eigenvalue weighted by molar-refractivity contribution is -0.218. The second kappa shape index (κ2) is 3.46. The molecule has 2 bridgehead atoms. The zero-order valence-corrected chi connectivity index (χ0v) is 10.7. The van der Waals surface area contributed by atoms with E-state index >= 15 is 0 Å². The Hall–Kier alpha value is -0.120. The van der Waals surface area contributed by atoms with Crippen molar-refractivity contribution in [1.29, 1.82) is 0 Å². The van der Waals surface area contributed by atoms with Crippen molar-refractivity contribution in [3.05, 3.63) is 0 Å². The van der Waals surface area contributed by atoms with Gasteiger partial charge in [-0.15, -0.1) is 0 Å². The van der Waals surface area contributed by atoms with E-state index in [0.29, 0.717) is 11.8 Å². The molecule has 0 amide bonds. The van der Waals surface area contributed by atoms with Crippen LogP contribution in [0.25, 0.3) is 0 Å². The largest absolute Gasteiger partial charge is 0.369 e. The van der Waals surface area contributed by atoms with Gasteiger partial charge in [-0.05, 0) is 24.7 Å². The van der Waals surface area contributed by atoms with Crippen LogP contribution in [-0.2, 0) is 14.2 Å². The highest BCUT2D eigenvalue weighted by Gasteiger charge is 2.64. The Morgan fingerprint density at radius 1 is 0.765 bits per heavy atom. The summed E-state index contributed by atoms with van der Waals surface area (Å²) in [6.07, 6.45) is 6.99. The first kappa shape index (κ1) is 10.8. The van der Waals surface area contributed by atoms with Crippen LogP contribution in [-0.4, -0.2) is 30.2 Å². The van der Waals surface area contributed by atoms with E-state index in [0.717, 1.165) is 12.8 Å². The third-order valence-corrected chi connectivity index (χ3v) is 5.47. The minimum atomic E-state index is -0.238. The van der Waals surface area contributed by atoms with Gasteiger partial charge in [0.25, 0.3) is 0 Å². The van der Waals surface area contributed by atoms with Gasteiger partial charge in [-0.3, -0.25) is 0 Å². The minimum Gasteiger partial charge on any atom is -0.369 e. The van der Waals surface area contributed by atoms with E-state index in [1.165, 1.54) is 19.3 Å². The first-order valence-corrected chi connectivity index (χ1v) is 7.21. The van der Waals surface area contributed by atoms with Crippen molar-refractivity contribution in [1.82, 2.24) is 0 Å². The van der Waals surface area contributed by atoms with E-state index in [4.69, 9.17) is 14.2 Å². The second-order valence-electron chi connectivity index (χ2n) is 6.42. The van der Waals surface area contributed by atoms with Crippen molar-refractivity contribution in [3.8, 4) is 0 Å². The molecule has 6 atom stereocenters. The quantitative estimate of drug-likeness (QED) is 0.649. The lowest BCUT2D eigenvalue weighted by Crippen LogP contribution is -2.42. The van der Waals surface area contributed by atoms with Crippen LogP contribution in [0.5, 0.6) is 0 Å². The molecule has 4 aliphatic rings. The topological polar surface area (TPSA) is 27.7 Å². The van der Waals surface area contributed by atoms with E-state index in [-0.39, 0.29) is 30.2 Å². The van der Waals surface area contributed by atoms with Crippen LogP contribution in [0.4, 0.5) is 0 Å². The van der Waals surface area contributed by atoms with Crippen molar-refractivity contribution >= 4 is 0 Å². The maximum absolute atomic E-state index is 6.32. The van der Waals surface area contributed by atoms with Crippen molar-refractivity contribution in [2.75, 3.05) is 0 Å². The molecule has 0 aromatic carbocycles. The van der Waals surface area contributed by atoms with Crippen molar-refractivity contribution in [2.45, 2.75) is 76.2 Å². The molecule has 6 unspecified atom stereocenters. The summed E-state index contributed by atoms with van der Waals surface area (Å²) in [6, 6.07) is 0. The number of ether oxygens (including phenoxy) is 3. The summed E-state index contributed by atoms with van der Waals surface area (Å²) < 4.78 is 18.7. The molecule has 1 saturated carbocycles. The van der Waals surface area contributed by atoms with Gasteiger partial charge in [0, 0.05) is 12.8 Å². The van der Waals surface area contributed by atoms with Gasteiger partial charge < -0.3 is 14.2 Å². The lowest BCUT2D eigenvalue weighted by atomic mass is 9.79. The van der Waals surface area contributed by atoms with Gasteiger partial charge >= 0.3 is 0 Å². The Morgan fingerprint density at radius 2 is 1.29 bits per heavy atom. The Morgan fingerprint density at radius 3 is 1.82 bits per heavy atom. The molecular weight excluding hydrogens is 216 g/mol. The van der Waals surface area contributed by atoms with E-state index in [1.54, 1.807) is 0 Å². The highest BCUT2D eigenvalue weighted by Crippen LogP contribution is 2.53. The highest BCUT2D eigenvalue weighted by molar-refractivity contribution is 5.09. The molecule has 0 radical (unpaired) electrons. The summed E-state index contributed by atoms with van der Waals surface area (Å²) >= 11 is 0. The van der Waals surface area contributed by atoms with E-state index in [2.05, 4.69) is 13.8 Å². The average Bonchev–Trinajstić information content (AvgIpc) is 2.91. The van der Waals surface area contributed by atoms with E-state index in [9.17, 15) is 0 Å². The first-order chi connectivity index (χ1) is 8.20. The van der Waals surface area contributed by atoms with E-state index in [1.807, 2.05) is 0 Å². The molecule has 3 heteroatoms. The van der Waals surface area contributed by atoms with Crippen LogP contribution < -0.4 is 0 Å². The molecular formula is C14H22O3. The summed E-state index contributed by atoms with van der Waals surface area (Å²) in [5, 5.41) is 0. The Kier molecular flexibility index (Phi) is 2.19. The summed E-state index contributed by atoms with van der Waals surface area (Å²) in [4.78, 5) is 0. The monoisotopic (exact) mass is 238 g/mol. The fourth-order valence-corrected chi connectivity index (χ4v) is 4.27. The molecule has 0 aromatic rings. The number of hydrogen-bond donors (Lipinski definition) is 0. The van der Waals surface area contributed by atoms with Gasteiger partial charge in [0.15, 0.2) is 5.79 Å². The third kappa shape index (κ3) is 1.33. The smallest absolute Gasteiger partial charge is 0.169 e. The van der Waals surface area contributed by atoms with E-state index < -0.39 is 0 Å². The van der Waals surface area contributed by atoms with Crippen LogP contribution in [0.3, 0.4) is 0 Å². The maximum atomic E-state index is 6.32. The molecule has 3 aliphatic heterocycles. The highest BCUT2D eigenvalue weighted by atomic mass is 16.8. The predicted octanol–water partition coefficient (Wildman–Crippen LogP) is 2.48. The molecule has 1 spiro atoms. The number of rotatable bonds is 0. The zero-order valence-electron chi connectivity index (χ0n) is 10.7. The maximum Gasteiger partial charge on any atom is 0.169 e. The summed E-state index contributed by atoms with van der Waals surface area (Å²) in [5.74, 6) is 0.990. The normalized spacial score (nSPS) is 55.4.